The lowest BCUT2D eigenvalue weighted by atomic mass is 10.2. The number of nitrogens with zero attached hydrogens (tertiary/aromatic N) is 1. The Kier molecular flexibility index (Phi) is 3.57. The molecule has 1 aromatic carbocycles. The van der Waals surface area contributed by atoms with E-state index in [9.17, 15) is 9.18 Å². The molecule has 3 N–H and O–H groups in total. The molecular weight excluding hydrogens is 301 g/mol. The van der Waals surface area contributed by atoms with Crippen LogP contribution < -0.4 is 11.1 Å². The zero-order valence-electron chi connectivity index (χ0n) is 9.15. The van der Waals surface area contributed by atoms with E-state index in [1.54, 1.807) is 18.2 Å². The molecule has 0 fully saturated rings. The van der Waals surface area contributed by atoms with Gasteiger partial charge in [0.05, 0.1) is 11.9 Å². The Morgan fingerprint density at radius 1 is 1.33 bits per heavy atom. The zero-order valence-corrected chi connectivity index (χ0v) is 10.7. The van der Waals surface area contributed by atoms with Gasteiger partial charge in [-0.2, -0.15) is 4.39 Å². The van der Waals surface area contributed by atoms with Crippen molar-refractivity contribution in [2.45, 2.75) is 0 Å². The van der Waals surface area contributed by atoms with Crippen LogP contribution in [-0.2, 0) is 0 Å². The Labute approximate surface area is 111 Å². The highest BCUT2D eigenvalue weighted by atomic mass is 79.9. The summed E-state index contributed by atoms with van der Waals surface area (Å²) in [6.07, 6.45) is 1.25. The number of anilines is 2. The summed E-state index contributed by atoms with van der Waals surface area (Å²) in [6.45, 7) is 0. The maximum atomic E-state index is 12.6. The van der Waals surface area contributed by atoms with Crippen LogP contribution in [0.2, 0.25) is 0 Å². The van der Waals surface area contributed by atoms with Crippen molar-refractivity contribution in [1.82, 2.24) is 4.98 Å². The van der Waals surface area contributed by atoms with Gasteiger partial charge in [-0.05, 0) is 46.3 Å². The van der Waals surface area contributed by atoms with Crippen molar-refractivity contribution in [3.8, 4) is 0 Å². The van der Waals surface area contributed by atoms with Gasteiger partial charge < -0.3 is 11.1 Å². The van der Waals surface area contributed by atoms with Crippen LogP contribution in [0.4, 0.5) is 15.8 Å². The Bertz CT molecular complexity index is 586. The highest BCUT2D eigenvalue weighted by Gasteiger charge is 2.08. The molecule has 0 aliphatic carbocycles. The van der Waals surface area contributed by atoms with Gasteiger partial charge in [0.1, 0.15) is 0 Å². The molecule has 4 nitrogen and oxygen atoms in total. The summed E-state index contributed by atoms with van der Waals surface area (Å²) < 4.78 is 13.3. The molecular formula is C12H9BrFN3O. The highest BCUT2D eigenvalue weighted by Crippen LogP contribution is 2.20. The topological polar surface area (TPSA) is 68.0 Å². The van der Waals surface area contributed by atoms with E-state index in [1.807, 2.05) is 0 Å². The lowest BCUT2D eigenvalue weighted by Gasteiger charge is -2.06. The summed E-state index contributed by atoms with van der Waals surface area (Å²) in [7, 11) is 0. The Balaban J connectivity index is 2.16. The summed E-state index contributed by atoms with van der Waals surface area (Å²) in [5.41, 5.74) is 6.99. The van der Waals surface area contributed by atoms with Crippen LogP contribution in [0.5, 0.6) is 0 Å². The maximum Gasteiger partial charge on any atom is 0.255 e. The summed E-state index contributed by atoms with van der Waals surface area (Å²) in [5, 5.41) is 2.59. The third-order valence-electron chi connectivity index (χ3n) is 2.24. The molecule has 6 heteroatoms. The van der Waals surface area contributed by atoms with E-state index >= 15 is 0 Å². The van der Waals surface area contributed by atoms with Crippen LogP contribution in [0.15, 0.2) is 41.0 Å². The number of pyridine rings is 1. The monoisotopic (exact) mass is 309 g/mol. The minimum Gasteiger partial charge on any atom is -0.398 e. The van der Waals surface area contributed by atoms with Crippen LogP contribution in [0, 0.1) is 5.95 Å². The molecule has 0 atom stereocenters. The normalized spacial score (nSPS) is 10.1. The number of amides is 1. The standard InChI is InChI=1S/C12H9BrFN3O/c13-9-3-1-7(5-10(9)15)12(18)17-8-2-4-11(14)16-6-8/h1-6H,15H2,(H,17,18). The van der Waals surface area contributed by atoms with Gasteiger partial charge in [0.25, 0.3) is 5.91 Å². The molecule has 0 unspecified atom stereocenters. The van der Waals surface area contributed by atoms with Gasteiger partial charge in [0.15, 0.2) is 0 Å². The van der Waals surface area contributed by atoms with E-state index in [-0.39, 0.29) is 5.91 Å². The van der Waals surface area contributed by atoms with E-state index in [2.05, 4.69) is 26.2 Å². The number of hydrogen-bond acceptors (Lipinski definition) is 3. The predicted molar refractivity (Wildman–Crippen MR) is 70.7 cm³/mol. The number of halogens is 2. The fourth-order valence-electron chi connectivity index (χ4n) is 1.34. The molecule has 0 bridgehead atoms. The number of rotatable bonds is 2. The molecule has 0 saturated heterocycles. The summed E-state index contributed by atoms with van der Waals surface area (Å²) >= 11 is 3.24. The molecule has 2 rings (SSSR count). The number of hydrogen-bond donors (Lipinski definition) is 2. The van der Waals surface area contributed by atoms with E-state index in [4.69, 9.17) is 5.73 Å². The van der Waals surface area contributed by atoms with Gasteiger partial charge in [-0.15, -0.1) is 0 Å². The Morgan fingerprint density at radius 2 is 2.11 bits per heavy atom. The lowest BCUT2D eigenvalue weighted by molar-refractivity contribution is 0.102. The molecule has 0 saturated carbocycles. The van der Waals surface area contributed by atoms with Crippen molar-refractivity contribution >= 4 is 33.2 Å². The van der Waals surface area contributed by atoms with Gasteiger partial charge in [0.2, 0.25) is 5.95 Å². The van der Waals surface area contributed by atoms with Crippen molar-refractivity contribution in [1.29, 1.82) is 0 Å². The fourth-order valence-corrected chi connectivity index (χ4v) is 1.58. The van der Waals surface area contributed by atoms with E-state index in [1.165, 1.54) is 18.3 Å². The molecule has 1 aromatic heterocycles. The highest BCUT2D eigenvalue weighted by molar-refractivity contribution is 9.10. The zero-order chi connectivity index (χ0) is 13.1. The third kappa shape index (κ3) is 2.84. The van der Waals surface area contributed by atoms with E-state index < -0.39 is 5.95 Å². The van der Waals surface area contributed by atoms with E-state index in [0.29, 0.717) is 16.9 Å². The molecule has 0 aliphatic heterocycles. The summed E-state index contributed by atoms with van der Waals surface area (Å²) in [6, 6.07) is 7.48. The number of nitrogens with one attached hydrogen (secondary N) is 1. The van der Waals surface area contributed by atoms with Crippen LogP contribution in [0.3, 0.4) is 0 Å². The number of nitrogen functional groups attached to an aromatic ring is 1. The van der Waals surface area contributed by atoms with Crippen molar-refractivity contribution in [2.75, 3.05) is 11.1 Å². The Morgan fingerprint density at radius 3 is 2.72 bits per heavy atom. The first-order valence-corrected chi connectivity index (χ1v) is 5.83. The van der Waals surface area contributed by atoms with Gasteiger partial charge in [0, 0.05) is 15.7 Å². The second kappa shape index (κ2) is 5.14. The van der Waals surface area contributed by atoms with Crippen LogP contribution in [0.1, 0.15) is 10.4 Å². The molecule has 92 valence electrons. The molecule has 0 radical (unpaired) electrons. The minimum absolute atomic E-state index is 0.331. The molecule has 1 heterocycles. The number of carbonyl (C=O) groups is 1. The van der Waals surface area contributed by atoms with Crippen LogP contribution in [0.25, 0.3) is 0 Å². The number of carbonyl (C=O) groups excluding carboxylic acids is 1. The Hall–Kier alpha value is -1.95. The number of nitrogens with two attached hydrogens (primary N) is 1. The molecule has 18 heavy (non-hydrogen) atoms. The molecule has 0 spiro atoms. The summed E-state index contributed by atoms with van der Waals surface area (Å²) in [5.74, 6) is -0.927. The second-order valence-electron chi connectivity index (χ2n) is 3.56. The number of benzene rings is 1. The van der Waals surface area contributed by atoms with E-state index in [0.717, 1.165) is 4.47 Å². The smallest absolute Gasteiger partial charge is 0.255 e. The first-order chi connectivity index (χ1) is 8.56. The average molecular weight is 310 g/mol. The van der Waals surface area contributed by atoms with Crippen LogP contribution >= 0.6 is 15.9 Å². The second-order valence-corrected chi connectivity index (χ2v) is 4.41. The van der Waals surface area contributed by atoms with Gasteiger partial charge in [-0.3, -0.25) is 4.79 Å². The predicted octanol–water partition coefficient (Wildman–Crippen LogP) is 2.82. The third-order valence-corrected chi connectivity index (χ3v) is 2.97. The molecule has 2 aromatic rings. The van der Waals surface area contributed by atoms with Crippen molar-refractivity contribution in [3.63, 3.8) is 0 Å². The summed E-state index contributed by atoms with van der Waals surface area (Å²) in [4.78, 5) is 15.3. The van der Waals surface area contributed by atoms with Crippen molar-refractivity contribution < 1.29 is 9.18 Å². The van der Waals surface area contributed by atoms with Crippen LogP contribution in [-0.4, -0.2) is 10.9 Å². The first kappa shape index (κ1) is 12.5. The average Bonchev–Trinajstić information content (AvgIpc) is 2.35. The fraction of sp³-hybridized carbons (Fsp3) is 0. The maximum absolute atomic E-state index is 12.6. The first-order valence-electron chi connectivity index (χ1n) is 5.04. The van der Waals surface area contributed by atoms with Gasteiger partial charge >= 0.3 is 0 Å². The minimum atomic E-state index is -0.596. The van der Waals surface area contributed by atoms with Crippen molar-refractivity contribution in [3.05, 3.63) is 52.5 Å². The molecule has 1 amide bonds. The largest absolute Gasteiger partial charge is 0.398 e. The van der Waals surface area contributed by atoms with Gasteiger partial charge in [-0.25, -0.2) is 4.98 Å². The lowest BCUT2D eigenvalue weighted by Crippen LogP contribution is -2.12. The molecule has 0 aliphatic rings. The SMILES string of the molecule is Nc1cc(C(=O)Nc2ccc(F)nc2)ccc1Br. The number of aromatic nitrogens is 1. The quantitative estimate of drug-likeness (QED) is 0.662. The van der Waals surface area contributed by atoms with Gasteiger partial charge in [-0.1, -0.05) is 0 Å². The van der Waals surface area contributed by atoms with Crippen molar-refractivity contribution in [2.24, 2.45) is 0 Å².